The summed E-state index contributed by atoms with van der Waals surface area (Å²) in [6, 6.07) is 13.8. The summed E-state index contributed by atoms with van der Waals surface area (Å²) in [6.07, 6.45) is 1.57. The molecule has 0 fully saturated rings. The summed E-state index contributed by atoms with van der Waals surface area (Å²) in [5, 5.41) is 10.9. The number of rotatable bonds is 7. The van der Waals surface area contributed by atoms with Crippen molar-refractivity contribution in [2.75, 3.05) is 11.6 Å². The van der Waals surface area contributed by atoms with Gasteiger partial charge in [0.15, 0.2) is 0 Å². The smallest absolute Gasteiger partial charge is 0.339 e. The number of esters is 1. The van der Waals surface area contributed by atoms with Crippen molar-refractivity contribution in [1.29, 1.82) is 0 Å². The van der Waals surface area contributed by atoms with Crippen molar-refractivity contribution >= 4 is 51.0 Å². The lowest BCUT2D eigenvalue weighted by Gasteiger charge is -2.12. The Balaban J connectivity index is 1.56. The van der Waals surface area contributed by atoms with Gasteiger partial charge >= 0.3 is 5.97 Å². The highest BCUT2D eigenvalue weighted by Crippen LogP contribution is 2.30. The number of nitrogens with zero attached hydrogens (tertiary/aromatic N) is 2. The maximum absolute atomic E-state index is 13.0. The van der Waals surface area contributed by atoms with Gasteiger partial charge in [0, 0.05) is 5.56 Å². The number of sulfonamides is 1. The van der Waals surface area contributed by atoms with Crippen LogP contribution in [-0.4, -0.2) is 32.6 Å². The van der Waals surface area contributed by atoms with E-state index in [1.807, 2.05) is 13.8 Å². The quantitative estimate of drug-likeness (QED) is 0.335. The molecule has 4 rings (SSSR count). The number of halogens is 1. The highest BCUT2D eigenvalue weighted by Gasteiger charge is 2.29. The maximum atomic E-state index is 13.0. The Morgan fingerprint density at radius 2 is 1.86 bits per heavy atom. The summed E-state index contributed by atoms with van der Waals surface area (Å²) in [4.78, 5) is 25.4. The van der Waals surface area contributed by atoms with Gasteiger partial charge < -0.3 is 9.15 Å². The Kier molecular flexibility index (Phi) is 7.35. The van der Waals surface area contributed by atoms with Crippen LogP contribution in [0, 0.1) is 5.92 Å². The van der Waals surface area contributed by atoms with Gasteiger partial charge in [0.2, 0.25) is 10.0 Å². The van der Waals surface area contributed by atoms with Gasteiger partial charge in [0.05, 0.1) is 39.1 Å². The Bertz CT molecular complexity index is 1540. The number of nitrogens with two attached hydrogens (primary N) is 1. The van der Waals surface area contributed by atoms with Crippen molar-refractivity contribution in [2.24, 2.45) is 16.2 Å². The molecule has 0 bridgehead atoms. The molecule has 0 spiro atoms. The molecule has 2 heterocycles. The van der Waals surface area contributed by atoms with Crippen molar-refractivity contribution in [3.8, 4) is 11.3 Å². The van der Waals surface area contributed by atoms with Crippen LogP contribution in [0.25, 0.3) is 17.4 Å². The summed E-state index contributed by atoms with van der Waals surface area (Å²) in [7, 11) is -3.85. The minimum absolute atomic E-state index is 0.0685. The van der Waals surface area contributed by atoms with Crippen LogP contribution in [0.4, 0.5) is 5.69 Å². The number of anilines is 1. The Morgan fingerprint density at radius 3 is 2.51 bits per heavy atom. The lowest BCUT2D eigenvalue weighted by atomic mass is 10.1. The molecule has 1 amide bonds. The molecule has 0 atom stereocenters. The Hall–Kier alpha value is -3.73. The first-order valence-electron chi connectivity index (χ1n) is 11.3. The van der Waals surface area contributed by atoms with E-state index < -0.39 is 21.9 Å². The number of hydrogen-bond acceptors (Lipinski definition) is 7. The lowest BCUT2D eigenvalue weighted by Crippen LogP contribution is -2.21. The molecule has 2 aromatic carbocycles. The van der Waals surface area contributed by atoms with Gasteiger partial charge in [-0.05, 0) is 73.5 Å². The molecule has 37 heavy (non-hydrogen) atoms. The second-order valence-corrected chi connectivity index (χ2v) is 10.8. The van der Waals surface area contributed by atoms with E-state index in [-0.39, 0.29) is 28.0 Å². The number of furan rings is 1. The third-order valence-corrected chi connectivity index (χ3v) is 6.66. The molecule has 1 aliphatic heterocycles. The second kappa shape index (κ2) is 10.3. The van der Waals surface area contributed by atoms with Crippen LogP contribution >= 0.6 is 11.6 Å². The van der Waals surface area contributed by atoms with E-state index in [1.165, 1.54) is 29.3 Å². The number of carbonyl (C=O) groups is 2. The number of amides is 1. The topological polar surface area (TPSA) is 132 Å². The van der Waals surface area contributed by atoms with Gasteiger partial charge in [-0.25, -0.2) is 18.4 Å². The number of ether oxygens (including phenoxy) is 1. The summed E-state index contributed by atoms with van der Waals surface area (Å²) in [5.41, 5.74) is 2.00. The van der Waals surface area contributed by atoms with E-state index in [0.29, 0.717) is 34.1 Å². The highest BCUT2D eigenvalue weighted by molar-refractivity contribution is 7.89. The molecular weight excluding hydrogens is 518 g/mol. The predicted octanol–water partition coefficient (Wildman–Crippen LogP) is 4.87. The number of hydrazone groups is 1. The monoisotopic (exact) mass is 541 g/mol. The van der Waals surface area contributed by atoms with E-state index in [1.54, 1.807) is 43.3 Å². The van der Waals surface area contributed by atoms with Crippen LogP contribution in [0.1, 0.15) is 36.9 Å². The zero-order chi connectivity index (χ0) is 26.9. The lowest BCUT2D eigenvalue weighted by molar-refractivity contribution is -0.114. The standard InChI is InChI=1S/C26H24ClN3O6S/c1-15(2)14-35-26(32)22-12-17(4-10-23(22)27)24-11-7-19(36-24)13-21-16(3)29-30(25(21)31)18-5-8-20(9-6-18)37(28,33)34/h4-13,15H,14H2,1-3H3,(H2,28,33,34)/b21-13-. The predicted molar refractivity (Wildman–Crippen MR) is 141 cm³/mol. The van der Waals surface area contributed by atoms with Crippen LogP contribution in [0.5, 0.6) is 0 Å². The van der Waals surface area contributed by atoms with E-state index in [9.17, 15) is 18.0 Å². The van der Waals surface area contributed by atoms with Crippen LogP contribution in [0.3, 0.4) is 0 Å². The minimum Gasteiger partial charge on any atom is -0.462 e. The molecule has 2 N–H and O–H groups in total. The Morgan fingerprint density at radius 1 is 1.16 bits per heavy atom. The first-order chi connectivity index (χ1) is 17.4. The molecule has 11 heteroatoms. The summed E-state index contributed by atoms with van der Waals surface area (Å²) in [6.45, 7) is 5.84. The summed E-state index contributed by atoms with van der Waals surface area (Å²) >= 11 is 6.21. The molecule has 0 unspecified atom stereocenters. The molecule has 9 nitrogen and oxygen atoms in total. The molecule has 0 saturated carbocycles. The second-order valence-electron chi connectivity index (χ2n) is 8.79. The van der Waals surface area contributed by atoms with Gasteiger partial charge in [0.25, 0.3) is 5.91 Å². The largest absolute Gasteiger partial charge is 0.462 e. The third-order valence-electron chi connectivity index (χ3n) is 5.40. The van der Waals surface area contributed by atoms with Crippen LogP contribution < -0.4 is 10.1 Å². The van der Waals surface area contributed by atoms with E-state index in [4.69, 9.17) is 25.9 Å². The summed E-state index contributed by atoms with van der Waals surface area (Å²) < 4.78 is 34.2. The average molecular weight is 542 g/mol. The van der Waals surface area contributed by atoms with Crippen molar-refractivity contribution < 1.29 is 27.2 Å². The van der Waals surface area contributed by atoms with Crippen molar-refractivity contribution in [3.05, 3.63) is 76.5 Å². The fraction of sp³-hybridized carbons (Fsp3) is 0.192. The zero-order valence-electron chi connectivity index (χ0n) is 20.3. The first-order valence-corrected chi connectivity index (χ1v) is 13.2. The number of primary sulfonamides is 1. The maximum Gasteiger partial charge on any atom is 0.339 e. The van der Waals surface area contributed by atoms with Gasteiger partial charge in [-0.15, -0.1) is 0 Å². The van der Waals surface area contributed by atoms with Gasteiger partial charge in [-0.1, -0.05) is 25.4 Å². The molecule has 0 saturated heterocycles. The van der Waals surface area contributed by atoms with Crippen molar-refractivity contribution in [2.45, 2.75) is 25.7 Å². The number of hydrogen-bond donors (Lipinski definition) is 1. The van der Waals surface area contributed by atoms with E-state index in [0.717, 1.165) is 0 Å². The van der Waals surface area contributed by atoms with Gasteiger partial charge in [-0.3, -0.25) is 4.79 Å². The van der Waals surface area contributed by atoms with Crippen molar-refractivity contribution in [1.82, 2.24) is 0 Å². The Labute approximate surface area is 219 Å². The van der Waals surface area contributed by atoms with Crippen LogP contribution in [-0.2, 0) is 19.6 Å². The van der Waals surface area contributed by atoms with Crippen LogP contribution in [0.2, 0.25) is 5.02 Å². The number of benzene rings is 2. The van der Waals surface area contributed by atoms with Crippen LogP contribution in [0.15, 0.2) is 74.6 Å². The van der Waals surface area contributed by atoms with Gasteiger partial charge in [0.1, 0.15) is 11.5 Å². The average Bonchev–Trinajstić information content (AvgIpc) is 3.42. The van der Waals surface area contributed by atoms with E-state index >= 15 is 0 Å². The molecule has 1 aromatic heterocycles. The molecule has 1 aliphatic rings. The van der Waals surface area contributed by atoms with Crippen molar-refractivity contribution in [3.63, 3.8) is 0 Å². The molecule has 3 aromatic rings. The SMILES string of the molecule is CC1=NN(c2ccc(S(N)(=O)=O)cc2)C(=O)/C1=C\c1ccc(-c2ccc(Cl)c(C(=O)OCC(C)C)c2)o1. The summed E-state index contributed by atoms with van der Waals surface area (Å²) in [5.74, 6) is 0.139. The first kappa shape index (κ1) is 26.3. The minimum atomic E-state index is -3.85. The molecule has 0 aliphatic carbocycles. The zero-order valence-corrected chi connectivity index (χ0v) is 21.8. The molecule has 192 valence electrons. The number of carbonyl (C=O) groups excluding carboxylic acids is 2. The van der Waals surface area contributed by atoms with E-state index in [2.05, 4.69) is 5.10 Å². The van der Waals surface area contributed by atoms with Gasteiger partial charge in [-0.2, -0.15) is 10.1 Å². The fourth-order valence-corrected chi connectivity index (χ4v) is 4.23. The normalized spacial score (nSPS) is 15.0. The fourth-order valence-electron chi connectivity index (χ4n) is 3.52. The highest BCUT2D eigenvalue weighted by atomic mass is 35.5. The molecular formula is C26H24ClN3O6S. The third kappa shape index (κ3) is 5.82. The molecule has 0 radical (unpaired) electrons.